The summed E-state index contributed by atoms with van der Waals surface area (Å²) in [6.45, 7) is 4.84. The number of nitrogens with zero attached hydrogens (tertiary/aromatic N) is 1. The number of aryl methyl sites for hydroxylation is 2. The summed E-state index contributed by atoms with van der Waals surface area (Å²) >= 11 is 5.99. The Bertz CT molecular complexity index is 870. The van der Waals surface area contributed by atoms with Crippen LogP contribution in [0.1, 0.15) is 12.5 Å². The summed E-state index contributed by atoms with van der Waals surface area (Å²) in [6.07, 6.45) is 1.95. The second kappa shape index (κ2) is 6.34. The van der Waals surface area contributed by atoms with Crippen LogP contribution in [0.3, 0.4) is 0 Å². The molecule has 118 valence electrons. The number of fused-ring (bicyclic) bond motifs is 1. The molecule has 0 radical (unpaired) electrons. The summed E-state index contributed by atoms with van der Waals surface area (Å²) in [5.74, 6) is 0. The van der Waals surface area contributed by atoms with Crippen LogP contribution in [0.4, 0.5) is 16.2 Å². The molecular formula is C18H18ClN3O. The molecule has 1 heterocycles. The molecule has 5 heteroatoms. The molecule has 0 aliphatic rings. The summed E-state index contributed by atoms with van der Waals surface area (Å²) in [5, 5.41) is 7.38. The number of urea groups is 1. The molecule has 0 unspecified atom stereocenters. The van der Waals surface area contributed by atoms with Crippen molar-refractivity contribution in [1.82, 2.24) is 4.57 Å². The maximum absolute atomic E-state index is 12.3. The van der Waals surface area contributed by atoms with Crippen molar-refractivity contribution >= 4 is 39.9 Å². The topological polar surface area (TPSA) is 46.1 Å². The van der Waals surface area contributed by atoms with Gasteiger partial charge in [0.05, 0.1) is 11.2 Å². The molecule has 2 amide bonds. The van der Waals surface area contributed by atoms with Crippen molar-refractivity contribution in [2.24, 2.45) is 0 Å². The minimum Gasteiger partial charge on any atom is -0.346 e. The molecule has 0 aliphatic carbocycles. The van der Waals surface area contributed by atoms with Crippen LogP contribution in [-0.4, -0.2) is 10.6 Å². The zero-order valence-electron chi connectivity index (χ0n) is 13.1. The van der Waals surface area contributed by atoms with Gasteiger partial charge in [-0.25, -0.2) is 4.79 Å². The normalized spacial score (nSPS) is 10.7. The zero-order chi connectivity index (χ0) is 16.4. The molecule has 0 atom stereocenters. The minimum absolute atomic E-state index is 0.283. The van der Waals surface area contributed by atoms with Gasteiger partial charge in [0.1, 0.15) is 0 Å². The lowest BCUT2D eigenvalue weighted by Gasteiger charge is -2.09. The average Bonchev–Trinajstić information content (AvgIpc) is 2.89. The van der Waals surface area contributed by atoms with Crippen LogP contribution in [0.5, 0.6) is 0 Å². The fourth-order valence-electron chi connectivity index (χ4n) is 2.61. The maximum Gasteiger partial charge on any atom is 0.323 e. The van der Waals surface area contributed by atoms with Crippen molar-refractivity contribution in [3.8, 4) is 0 Å². The van der Waals surface area contributed by atoms with Gasteiger partial charge in [-0.1, -0.05) is 35.9 Å². The van der Waals surface area contributed by atoms with Crippen LogP contribution in [0.25, 0.3) is 10.9 Å². The Morgan fingerprint density at radius 3 is 2.65 bits per heavy atom. The zero-order valence-corrected chi connectivity index (χ0v) is 13.8. The first-order chi connectivity index (χ1) is 11.1. The van der Waals surface area contributed by atoms with E-state index in [0.29, 0.717) is 10.7 Å². The predicted molar refractivity (Wildman–Crippen MR) is 96.4 cm³/mol. The lowest BCUT2D eigenvalue weighted by atomic mass is 10.2. The quantitative estimate of drug-likeness (QED) is 0.676. The first-order valence-corrected chi connectivity index (χ1v) is 7.88. The number of aromatic nitrogens is 1. The number of halogens is 1. The van der Waals surface area contributed by atoms with E-state index in [1.807, 2.05) is 43.5 Å². The summed E-state index contributed by atoms with van der Waals surface area (Å²) in [7, 11) is 0. The highest BCUT2D eigenvalue weighted by molar-refractivity contribution is 6.31. The third-order valence-electron chi connectivity index (χ3n) is 3.83. The highest BCUT2D eigenvalue weighted by atomic mass is 35.5. The van der Waals surface area contributed by atoms with Crippen LogP contribution in [0.15, 0.2) is 48.7 Å². The van der Waals surface area contributed by atoms with E-state index in [4.69, 9.17) is 11.6 Å². The van der Waals surface area contributed by atoms with Crippen LogP contribution < -0.4 is 10.6 Å². The van der Waals surface area contributed by atoms with E-state index in [2.05, 4.69) is 22.1 Å². The van der Waals surface area contributed by atoms with Crippen LogP contribution in [0, 0.1) is 6.92 Å². The Kier molecular flexibility index (Phi) is 4.26. The van der Waals surface area contributed by atoms with E-state index in [1.54, 1.807) is 12.1 Å². The van der Waals surface area contributed by atoms with Gasteiger partial charge in [-0.05, 0) is 37.6 Å². The SMILES string of the molecule is CCn1cc(NC(=O)Nc2cc(Cl)ccc2C)c2ccccc21. The molecule has 0 bridgehead atoms. The van der Waals surface area contributed by atoms with Crippen molar-refractivity contribution in [2.45, 2.75) is 20.4 Å². The van der Waals surface area contributed by atoms with Gasteiger partial charge >= 0.3 is 6.03 Å². The van der Waals surface area contributed by atoms with E-state index in [1.165, 1.54) is 0 Å². The Balaban J connectivity index is 1.84. The van der Waals surface area contributed by atoms with Crippen LogP contribution >= 0.6 is 11.6 Å². The second-order valence-electron chi connectivity index (χ2n) is 5.38. The number of hydrogen-bond donors (Lipinski definition) is 2. The monoisotopic (exact) mass is 327 g/mol. The van der Waals surface area contributed by atoms with Crippen molar-refractivity contribution < 1.29 is 4.79 Å². The number of rotatable bonds is 3. The number of anilines is 2. The fourth-order valence-corrected chi connectivity index (χ4v) is 2.78. The number of para-hydroxylation sites is 1. The summed E-state index contributed by atoms with van der Waals surface area (Å²) in [4.78, 5) is 12.3. The van der Waals surface area contributed by atoms with E-state index in [9.17, 15) is 4.79 Å². The largest absolute Gasteiger partial charge is 0.346 e. The smallest absolute Gasteiger partial charge is 0.323 e. The highest BCUT2D eigenvalue weighted by Crippen LogP contribution is 2.26. The number of amides is 2. The number of nitrogens with one attached hydrogen (secondary N) is 2. The molecule has 0 aliphatic heterocycles. The lowest BCUT2D eigenvalue weighted by Crippen LogP contribution is -2.19. The Morgan fingerprint density at radius 1 is 1.13 bits per heavy atom. The van der Waals surface area contributed by atoms with Gasteiger partial charge in [-0.15, -0.1) is 0 Å². The molecule has 23 heavy (non-hydrogen) atoms. The lowest BCUT2D eigenvalue weighted by molar-refractivity contribution is 0.262. The van der Waals surface area contributed by atoms with Crippen molar-refractivity contribution in [2.75, 3.05) is 10.6 Å². The van der Waals surface area contributed by atoms with E-state index in [0.717, 1.165) is 28.7 Å². The molecule has 0 saturated heterocycles. The molecule has 3 aromatic rings. The van der Waals surface area contributed by atoms with Gasteiger partial charge in [-0.2, -0.15) is 0 Å². The summed E-state index contributed by atoms with van der Waals surface area (Å²) in [5.41, 5.74) is 3.55. The number of carbonyl (C=O) groups is 1. The molecule has 0 spiro atoms. The highest BCUT2D eigenvalue weighted by Gasteiger charge is 2.11. The third-order valence-corrected chi connectivity index (χ3v) is 4.06. The van der Waals surface area contributed by atoms with Crippen molar-refractivity contribution in [3.05, 3.63) is 59.2 Å². The second-order valence-corrected chi connectivity index (χ2v) is 5.82. The Labute approximate surface area is 140 Å². The third kappa shape index (κ3) is 3.17. The van der Waals surface area contributed by atoms with Gasteiger partial charge in [-0.3, -0.25) is 0 Å². The number of carbonyl (C=O) groups excluding carboxylic acids is 1. The first kappa shape index (κ1) is 15.4. The van der Waals surface area contributed by atoms with Gasteiger partial charge in [0.25, 0.3) is 0 Å². The van der Waals surface area contributed by atoms with Crippen LogP contribution in [0.2, 0.25) is 5.02 Å². The van der Waals surface area contributed by atoms with Crippen molar-refractivity contribution in [3.63, 3.8) is 0 Å². The van der Waals surface area contributed by atoms with E-state index in [-0.39, 0.29) is 6.03 Å². The maximum atomic E-state index is 12.3. The summed E-state index contributed by atoms with van der Waals surface area (Å²) in [6, 6.07) is 13.1. The first-order valence-electron chi connectivity index (χ1n) is 7.50. The number of hydrogen-bond acceptors (Lipinski definition) is 1. The van der Waals surface area contributed by atoms with Gasteiger partial charge < -0.3 is 15.2 Å². The molecule has 4 nitrogen and oxygen atoms in total. The predicted octanol–water partition coefficient (Wildman–Crippen LogP) is 5.27. The van der Waals surface area contributed by atoms with E-state index >= 15 is 0 Å². The molecule has 3 rings (SSSR count). The van der Waals surface area contributed by atoms with E-state index < -0.39 is 0 Å². The van der Waals surface area contributed by atoms with Gasteiger partial charge in [0, 0.05) is 28.8 Å². The molecular weight excluding hydrogens is 310 g/mol. The van der Waals surface area contributed by atoms with Crippen LogP contribution in [-0.2, 0) is 6.54 Å². The summed E-state index contributed by atoms with van der Waals surface area (Å²) < 4.78 is 2.11. The molecule has 0 fully saturated rings. The van der Waals surface area contributed by atoms with Crippen molar-refractivity contribution in [1.29, 1.82) is 0 Å². The Hall–Kier alpha value is -2.46. The molecule has 1 aromatic heterocycles. The average molecular weight is 328 g/mol. The molecule has 0 saturated carbocycles. The Morgan fingerprint density at radius 2 is 1.87 bits per heavy atom. The molecule has 2 aromatic carbocycles. The fraction of sp³-hybridized carbons (Fsp3) is 0.167. The van der Waals surface area contributed by atoms with Gasteiger partial charge in [0.15, 0.2) is 0 Å². The number of benzene rings is 2. The van der Waals surface area contributed by atoms with Gasteiger partial charge in [0.2, 0.25) is 0 Å². The molecule has 2 N–H and O–H groups in total. The standard InChI is InChI=1S/C18H18ClN3O/c1-3-22-11-16(14-6-4-5-7-17(14)22)21-18(23)20-15-10-13(19)9-8-12(15)2/h4-11H,3H2,1-2H3,(H2,20,21,23). The minimum atomic E-state index is -0.283.